The zero-order chi connectivity index (χ0) is 10.6. The highest BCUT2D eigenvalue weighted by molar-refractivity contribution is 6.21. The fraction of sp³-hybridized carbons (Fsp3) is 0.909. The van der Waals surface area contributed by atoms with Gasteiger partial charge in [0.25, 0.3) is 0 Å². The van der Waals surface area contributed by atoms with Gasteiger partial charge < -0.3 is 4.74 Å². The molecule has 0 aliphatic heterocycles. The van der Waals surface area contributed by atoms with Crippen LogP contribution in [-0.2, 0) is 9.53 Å². The Balaban J connectivity index is 2.37. The molecule has 2 nitrogen and oxygen atoms in total. The minimum absolute atomic E-state index is 0.0146. The zero-order valence-corrected chi connectivity index (χ0v) is 9.72. The van der Waals surface area contributed by atoms with Gasteiger partial charge in [-0.25, -0.2) is 0 Å². The number of hydrogen-bond acceptors (Lipinski definition) is 2. The highest BCUT2D eigenvalue weighted by Crippen LogP contribution is 2.31. The van der Waals surface area contributed by atoms with E-state index in [9.17, 15) is 4.79 Å². The molecule has 0 bridgehead atoms. The van der Waals surface area contributed by atoms with Crippen molar-refractivity contribution in [1.29, 1.82) is 0 Å². The molecule has 0 aromatic heterocycles. The summed E-state index contributed by atoms with van der Waals surface area (Å²) in [5, 5.41) is -0.0146. The molecule has 0 N–H and O–H groups in total. The van der Waals surface area contributed by atoms with E-state index >= 15 is 0 Å². The number of carbonyl (C=O) groups excluding carboxylic acids is 1. The average molecular weight is 219 g/mol. The van der Waals surface area contributed by atoms with Gasteiger partial charge in [-0.1, -0.05) is 19.3 Å². The van der Waals surface area contributed by atoms with Crippen molar-refractivity contribution >= 4 is 17.6 Å². The Bertz CT molecular complexity index is 188. The highest BCUT2D eigenvalue weighted by atomic mass is 35.5. The summed E-state index contributed by atoms with van der Waals surface area (Å²) >= 11 is 6.28. The van der Waals surface area contributed by atoms with Crippen LogP contribution < -0.4 is 0 Å². The molecular weight excluding hydrogens is 200 g/mol. The van der Waals surface area contributed by atoms with E-state index in [1.165, 1.54) is 39.0 Å². The summed E-state index contributed by atoms with van der Waals surface area (Å²) in [4.78, 5) is 10.8. The van der Waals surface area contributed by atoms with E-state index in [0.717, 1.165) is 0 Å². The molecule has 1 aliphatic carbocycles. The normalized spacial score (nSPS) is 22.8. The summed E-state index contributed by atoms with van der Waals surface area (Å²) in [7, 11) is 0. The summed E-state index contributed by atoms with van der Waals surface area (Å²) in [5.74, 6) is 0.290. The quantitative estimate of drug-likeness (QED) is 0.538. The molecule has 0 amide bonds. The SMILES string of the molecule is CC(=O)O[C@H](C)[C@@H](Cl)C1CCCCC1. The molecule has 3 heteroatoms. The number of hydrogen-bond donors (Lipinski definition) is 0. The van der Waals surface area contributed by atoms with E-state index in [1.54, 1.807) is 0 Å². The largest absolute Gasteiger partial charge is 0.461 e. The lowest BCUT2D eigenvalue weighted by Gasteiger charge is -2.29. The van der Waals surface area contributed by atoms with E-state index in [-0.39, 0.29) is 17.5 Å². The van der Waals surface area contributed by atoms with Gasteiger partial charge in [0, 0.05) is 6.92 Å². The molecule has 0 aromatic carbocycles. The number of halogens is 1. The molecule has 2 atom stereocenters. The van der Waals surface area contributed by atoms with Crippen LogP contribution in [0, 0.1) is 5.92 Å². The lowest BCUT2D eigenvalue weighted by atomic mass is 9.85. The number of rotatable bonds is 3. The van der Waals surface area contributed by atoms with Crippen LogP contribution in [-0.4, -0.2) is 17.5 Å². The number of esters is 1. The molecule has 1 saturated carbocycles. The van der Waals surface area contributed by atoms with Crippen LogP contribution in [0.3, 0.4) is 0 Å². The Labute approximate surface area is 91.0 Å². The number of ether oxygens (including phenoxy) is 1. The molecule has 0 spiro atoms. The summed E-state index contributed by atoms with van der Waals surface area (Å²) in [6, 6.07) is 0. The third-order valence-electron chi connectivity index (χ3n) is 2.90. The van der Waals surface area contributed by atoms with E-state index in [0.29, 0.717) is 5.92 Å². The molecule has 0 saturated heterocycles. The molecule has 14 heavy (non-hydrogen) atoms. The Kier molecular flexibility index (Phi) is 4.73. The molecule has 1 aliphatic rings. The molecule has 0 radical (unpaired) electrons. The van der Waals surface area contributed by atoms with Crippen molar-refractivity contribution in [1.82, 2.24) is 0 Å². The van der Waals surface area contributed by atoms with Crippen molar-refractivity contribution < 1.29 is 9.53 Å². The van der Waals surface area contributed by atoms with E-state index in [1.807, 2.05) is 6.92 Å². The lowest BCUT2D eigenvalue weighted by molar-refractivity contribution is -0.146. The lowest BCUT2D eigenvalue weighted by Crippen LogP contribution is -2.31. The monoisotopic (exact) mass is 218 g/mol. The Hall–Kier alpha value is -0.240. The first-order valence-corrected chi connectivity index (χ1v) is 5.86. The third kappa shape index (κ3) is 3.49. The fourth-order valence-electron chi connectivity index (χ4n) is 2.16. The minimum Gasteiger partial charge on any atom is -0.461 e. The molecule has 0 heterocycles. The average Bonchev–Trinajstić information content (AvgIpc) is 2.17. The van der Waals surface area contributed by atoms with Crippen LogP contribution in [0.4, 0.5) is 0 Å². The number of alkyl halides is 1. The van der Waals surface area contributed by atoms with Gasteiger partial charge in [0.2, 0.25) is 0 Å². The summed E-state index contributed by atoms with van der Waals surface area (Å²) in [5.41, 5.74) is 0. The molecule has 0 aromatic rings. The first-order valence-electron chi connectivity index (χ1n) is 5.42. The van der Waals surface area contributed by atoms with Gasteiger partial charge >= 0.3 is 5.97 Å². The minimum atomic E-state index is -0.237. The predicted octanol–water partition coefficient (Wildman–Crippen LogP) is 3.13. The van der Waals surface area contributed by atoms with Gasteiger partial charge in [0.15, 0.2) is 0 Å². The molecule has 1 fully saturated rings. The second kappa shape index (κ2) is 5.59. The van der Waals surface area contributed by atoms with Crippen molar-refractivity contribution in [2.24, 2.45) is 5.92 Å². The van der Waals surface area contributed by atoms with Crippen LogP contribution >= 0.6 is 11.6 Å². The van der Waals surface area contributed by atoms with Gasteiger partial charge in [0.05, 0.1) is 5.38 Å². The maximum absolute atomic E-state index is 10.8. The van der Waals surface area contributed by atoms with Crippen molar-refractivity contribution in [2.75, 3.05) is 0 Å². The van der Waals surface area contributed by atoms with Gasteiger partial charge in [-0.05, 0) is 25.7 Å². The van der Waals surface area contributed by atoms with Crippen LogP contribution in [0.15, 0.2) is 0 Å². The number of carbonyl (C=O) groups is 1. The van der Waals surface area contributed by atoms with Crippen molar-refractivity contribution in [2.45, 2.75) is 57.4 Å². The maximum atomic E-state index is 10.8. The first-order chi connectivity index (χ1) is 6.61. The molecule has 1 rings (SSSR count). The van der Waals surface area contributed by atoms with Gasteiger partial charge in [-0.15, -0.1) is 11.6 Å². The van der Waals surface area contributed by atoms with Gasteiger partial charge in [-0.3, -0.25) is 4.79 Å². The second-order valence-electron chi connectivity index (χ2n) is 4.16. The summed E-state index contributed by atoms with van der Waals surface area (Å²) in [6.07, 6.45) is 6.06. The van der Waals surface area contributed by atoms with E-state index in [4.69, 9.17) is 16.3 Å². The van der Waals surface area contributed by atoms with Gasteiger partial charge in [-0.2, -0.15) is 0 Å². The zero-order valence-electron chi connectivity index (χ0n) is 8.96. The Morgan fingerprint density at radius 3 is 2.43 bits per heavy atom. The smallest absolute Gasteiger partial charge is 0.302 e. The predicted molar refractivity (Wildman–Crippen MR) is 57.4 cm³/mol. The van der Waals surface area contributed by atoms with Gasteiger partial charge in [0.1, 0.15) is 6.10 Å². The highest BCUT2D eigenvalue weighted by Gasteiger charge is 2.27. The van der Waals surface area contributed by atoms with Crippen LogP contribution in [0.1, 0.15) is 46.0 Å². The Morgan fingerprint density at radius 2 is 1.93 bits per heavy atom. The third-order valence-corrected chi connectivity index (χ3v) is 3.61. The summed E-state index contributed by atoms with van der Waals surface area (Å²) < 4.78 is 5.09. The topological polar surface area (TPSA) is 26.3 Å². The van der Waals surface area contributed by atoms with Crippen molar-refractivity contribution in [3.8, 4) is 0 Å². The van der Waals surface area contributed by atoms with Crippen LogP contribution in [0.5, 0.6) is 0 Å². The van der Waals surface area contributed by atoms with E-state index in [2.05, 4.69) is 0 Å². The maximum Gasteiger partial charge on any atom is 0.302 e. The first kappa shape index (κ1) is 11.8. The molecule has 0 unspecified atom stereocenters. The van der Waals surface area contributed by atoms with E-state index < -0.39 is 0 Å². The molecule has 82 valence electrons. The van der Waals surface area contributed by atoms with Crippen molar-refractivity contribution in [3.05, 3.63) is 0 Å². The molecular formula is C11H19ClO2. The van der Waals surface area contributed by atoms with Crippen LogP contribution in [0.25, 0.3) is 0 Å². The second-order valence-corrected chi connectivity index (χ2v) is 4.66. The standard InChI is InChI=1S/C11H19ClO2/c1-8(14-9(2)13)11(12)10-6-4-3-5-7-10/h8,10-11H,3-7H2,1-2H3/t8-,11-/m1/s1. The van der Waals surface area contributed by atoms with Crippen LogP contribution in [0.2, 0.25) is 0 Å². The fourth-order valence-corrected chi connectivity index (χ4v) is 2.47. The Morgan fingerprint density at radius 1 is 1.36 bits per heavy atom. The van der Waals surface area contributed by atoms with Crippen molar-refractivity contribution in [3.63, 3.8) is 0 Å². The summed E-state index contributed by atoms with van der Waals surface area (Å²) in [6.45, 7) is 3.31.